The maximum Gasteiger partial charge on any atom is 0.299 e. The molecule has 2 N–H and O–H groups in total. The van der Waals surface area contributed by atoms with Crippen LogP contribution in [0.25, 0.3) is 22.2 Å². The van der Waals surface area contributed by atoms with E-state index in [1.54, 1.807) is 25.3 Å². The van der Waals surface area contributed by atoms with E-state index in [1.165, 1.54) is 0 Å². The molecule has 7 nitrogen and oxygen atoms in total. The van der Waals surface area contributed by atoms with Crippen LogP contribution in [0.5, 0.6) is 5.75 Å². The lowest BCUT2D eigenvalue weighted by molar-refractivity contribution is 0.415. The first-order valence-electron chi connectivity index (χ1n) is 8.98. The Hall–Kier alpha value is -2.73. The number of ether oxygens (including phenoxy) is 1. The van der Waals surface area contributed by atoms with Gasteiger partial charge in [0.1, 0.15) is 11.8 Å². The summed E-state index contributed by atoms with van der Waals surface area (Å²) >= 11 is 5.55. The molecule has 0 aliphatic heterocycles. The lowest BCUT2D eigenvalue weighted by atomic mass is 10.1. The minimum absolute atomic E-state index is 0.126. The van der Waals surface area contributed by atoms with Gasteiger partial charge in [-0.25, -0.2) is 0 Å². The van der Waals surface area contributed by atoms with Crippen LogP contribution in [-0.2, 0) is 16.8 Å². The third-order valence-corrected chi connectivity index (χ3v) is 5.75. The topological polar surface area (TPSA) is 96.2 Å². The number of nitrogens with one attached hydrogen (secondary N) is 2. The molecule has 0 radical (unpaired) electrons. The van der Waals surface area contributed by atoms with Crippen molar-refractivity contribution in [2.75, 3.05) is 24.3 Å². The molecule has 2 aromatic carbocycles. The van der Waals surface area contributed by atoms with E-state index in [4.69, 9.17) is 16.3 Å². The fraction of sp³-hybridized carbons (Fsp3) is 0.250. The highest BCUT2D eigenvalue weighted by Crippen LogP contribution is 2.36. The number of anilines is 1. The van der Waals surface area contributed by atoms with Gasteiger partial charge in [0.25, 0.3) is 10.2 Å². The van der Waals surface area contributed by atoms with Crippen LogP contribution in [0.2, 0.25) is 0 Å². The monoisotopic (exact) mass is 432 g/mol. The fourth-order valence-electron chi connectivity index (χ4n) is 3.29. The van der Waals surface area contributed by atoms with Gasteiger partial charge in [0, 0.05) is 36.0 Å². The number of rotatable bonds is 8. The number of methoxy groups -OCH3 is 1. The van der Waals surface area contributed by atoms with Crippen molar-refractivity contribution in [2.45, 2.75) is 13.5 Å². The Labute approximate surface area is 175 Å². The molecule has 0 saturated heterocycles. The summed E-state index contributed by atoms with van der Waals surface area (Å²) in [6.45, 7) is 2.75. The molecule has 152 valence electrons. The Balaban J connectivity index is 2.13. The molecule has 9 heteroatoms. The maximum absolute atomic E-state index is 12.1. The third-order valence-electron chi connectivity index (χ3n) is 4.47. The van der Waals surface area contributed by atoms with Crippen molar-refractivity contribution in [1.82, 2.24) is 9.29 Å². The van der Waals surface area contributed by atoms with Gasteiger partial charge in [-0.3, -0.25) is 4.72 Å². The predicted molar refractivity (Wildman–Crippen MR) is 116 cm³/mol. The molecule has 0 aliphatic carbocycles. The van der Waals surface area contributed by atoms with Crippen molar-refractivity contribution in [3.05, 3.63) is 48.0 Å². The average Bonchev–Trinajstić information content (AvgIpc) is 3.04. The zero-order valence-corrected chi connectivity index (χ0v) is 17.6. The summed E-state index contributed by atoms with van der Waals surface area (Å²) in [4.78, 5) is 0. The van der Waals surface area contributed by atoms with Crippen molar-refractivity contribution in [1.29, 1.82) is 5.26 Å². The minimum Gasteiger partial charge on any atom is -0.497 e. The zero-order valence-electron chi connectivity index (χ0n) is 16.1. The van der Waals surface area contributed by atoms with E-state index in [9.17, 15) is 13.7 Å². The fourth-order valence-corrected chi connectivity index (χ4v) is 4.38. The Kier molecular flexibility index (Phi) is 6.33. The summed E-state index contributed by atoms with van der Waals surface area (Å²) in [5.41, 5.74) is 3.26. The number of halogens is 1. The molecule has 1 heterocycles. The predicted octanol–water partition coefficient (Wildman–Crippen LogP) is 3.69. The summed E-state index contributed by atoms with van der Waals surface area (Å²) < 4.78 is 36.4. The van der Waals surface area contributed by atoms with E-state index < -0.39 is 10.2 Å². The zero-order chi connectivity index (χ0) is 21.0. The molecule has 0 atom stereocenters. The smallest absolute Gasteiger partial charge is 0.299 e. The number of hydrogen-bond donors (Lipinski definition) is 2. The molecule has 0 fully saturated rings. The van der Waals surface area contributed by atoms with Crippen LogP contribution in [0.4, 0.5) is 5.69 Å². The van der Waals surface area contributed by atoms with Gasteiger partial charge < -0.3 is 9.30 Å². The molecule has 0 aliphatic rings. The van der Waals surface area contributed by atoms with Gasteiger partial charge in [0.05, 0.1) is 29.6 Å². The minimum atomic E-state index is -3.73. The van der Waals surface area contributed by atoms with Gasteiger partial charge in [0.2, 0.25) is 0 Å². The molecular weight excluding hydrogens is 412 g/mol. The van der Waals surface area contributed by atoms with E-state index in [2.05, 4.69) is 15.5 Å². The highest BCUT2D eigenvalue weighted by molar-refractivity contribution is 7.90. The number of nitrogens with zero attached hydrogens (tertiary/aromatic N) is 2. The maximum atomic E-state index is 12.1. The summed E-state index contributed by atoms with van der Waals surface area (Å²) in [5.74, 6) is 0.875. The van der Waals surface area contributed by atoms with E-state index in [-0.39, 0.29) is 12.4 Å². The van der Waals surface area contributed by atoms with Gasteiger partial charge in [-0.15, -0.1) is 11.6 Å². The Morgan fingerprint density at radius 1 is 1.24 bits per heavy atom. The molecule has 3 aromatic rings. The summed E-state index contributed by atoms with van der Waals surface area (Å²) in [7, 11) is -2.14. The van der Waals surface area contributed by atoms with Crippen LogP contribution >= 0.6 is 11.6 Å². The molecule has 0 amide bonds. The lowest BCUT2D eigenvalue weighted by Crippen LogP contribution is -2.31. The van der Waals surface area contributed by atoms with Gasteiger partial charge in [-0.1, -0.05) is 12.1 Å². The van der Waals surface area contributed by atoms with E-state index in [0.29, 0.717) is 23.5 Å². The second-order valence-electron chi connectivity index (χ2n) is 6.23. The Morgan fingerprint density at radius 3 is 2.69 bits per heavy atom. The van der Waals surface area contributed by atoms with Crippen molar-refractivity contribution >= 4 is 38.4 Å². The standard InChI is InChI=1S/C20H21ClN4O3S/c1-3-25-19-12-16(28-2)7-8-17(19)18(13-22)20(25)14-5-4-6-15(11-14)24-29(26,27)23-10-9-21/h4-8,11-12,23-24H,3,9-10H2,1-2H3. The first kappa shape index (κ1) is 21.0. The molecule has 29 heavy (non-hydrogen) atoms. The number of benzene rings is 2. The second kappa shape index (κ2) is 8.74. The number of fused-ring (bicyclic) bond motifs is 1. The SMILES string of the molecule is CCn1c(-c2cccc(NS(=O)(=O)NCCCl)c2)c(C#N)c2ccc(OC)cc21. The third kappa shape index (κ3) is 4.32. The van der Waals surface area contributed by atoms with E-state index in [0.717, 1.165) is 22.2 Å². The molecular formula is C20H21ClN4O3S. The highest BCUT2D eigenvalue weighted by atomic mass is 35.5. The van der Waals surface area contributed by atoms with Crippen LogP contribution in [0.15, 0.2) is 42.5 Å². The van der Waals surface area contributed by atoms with Crippen LogP contribution in [0, 0.1) is 11.3 Å². The number of hydrogen-bond acceptors (Lipinski definition) is 4. The molecule has 0 unspecified atom stereocenters. The quantitative estimate of drug-likeness (QED) is 0.530. The number of aryl methyl sites for hydroxylation is 1. The highest BCUT2D eigenvalue weighted by Gasteiger charge is 2.19. The van der Waals surface area contributed by atoms with Gasteiger partial charge >= 0.3 is 0 Å². The second-order valence-corrected chi connectivity index (χ2v) is 8.11. The van der Waals surface area contributed by atoms with Crippen LogP contribution in [0.3, 0.4) is 0 Å². The first-order valence-corrected chi connectivity index (χ1v) is 11.0. The average molecular weight is 433 g/mol. The van der Waals surface area contributed by atoms with Crippen molar-refractivity contribution in [3.63, 3.8) is 0 Å². The van der Waals surface area contributed by atoms with E-state index >= 15 is 0 Å². The van der Waals surface area contributed by atoms with Crippen LogP contribution in [0.1, 0.15) is 12.5 Å². The molecule has 0 bridgehead atoms. The summed E-state index contributed by atoms with van der Waals surface area (Å²) in [5, 5.41) is 10.7. The normalized spacial score (nSPS) is 11.4. The van der Waals surface area contributed by atoms with Crippen molar-refractivity contribution < 1.29 is 13.2 Å². The first-order chi connectivity index (χ1) is 13.9. The summed E-state index contributed by atoms with van der Waals surface area (Å²) in [6.07, 6.45) is 0. The molecule has 1 aromatic heterocycles. The lowest BCUT2D eigenvalue weighted by Gasteiger charge is -2.12. The molecule has 0 saturated carbocycles. The number of aromatic nitrogens is 1. The number of alkyl halides is 1. The van der Waals surface area contributed by atoms with Crippen LogP contribution in [-0.4, -0.2) is 32.5 Å². The summed E-state index contributed by atoms with van der Waals surface area (Å²) in [6, 6.07) is 14.8. The Morgan fingerprint density at radius 2 is 2.03 bits per heavy atom. The van der Waals surface area contributed by atoms with E-state index in [1.807, 2.05) is 35.8 Å². The Bertz CT molecular complexity index is 1180. The van der Waals surface area contributed by atoms with Crippen LogP contribution < -0.4 is 14.2 Å². The van der Waals surface area contributed by atoms with Crippen molar-refractivity contribution in [3.8, 4) is 23.1 Å². The largest absolute Gasteiger partial charge is 0.497 e. The van der Waals surface area contributed by atoms with Gasteiger partial charge in [-0.05, 0) is 31.2 Å². The number of nitriles is 1. The molecule has 3 rings (SSSR count). The van der Waals surface area contributed by atoms with Gasteiger partial charge in [-0.2, -0.15) is 18.4 Å². The van der Waals surface area contributed by atoms with Crippen molar-refractivity contribution in [2.24, 2.45) is 0 Å². The molecule has 0 spiro atoms. The van der Waals surface area contributed by atoms with Gasteiger partial charge in [0.15, 0.2) is 0 Å².